The number of rotatable bonds is 6. The molecule has 1 aliphatic heterocycles. The van der Waals surface area contributed by atoms with Crippen molar-refractivity contribution in [1.29, 1.82) is 0 Å². The fourth-order valence-corrected chi connectivity index (χ4v) is 3.92. The average Bonchev–Trinajstić information content (AvgIpc) is 3.52. The minimum atomic E-state index is -0.141. The Morgan fingerprint density at radius 2 is 1.96 bits per heavy atom. The number of carbonyl (C=O) groups excluding carboxylic acids is 1. The van der Waals surface area contributed by atoms with Crippen molar-refractivity contribution >= 4 is 29.0 Å². The van der Waals surface area contributed by atoms with Crippen LogP contribution in [0.5, 0.6) is 0 Å². The van der Waals surface area contributed by atoms with E-state index >= 15 is 0 Å². The maximum Gasteiger partial charge on any atom is 0.238 e. The SMILES string of the molecule is O=C(CC1CC1)NNc1nncc(N2CCC(c3ccccc3F)CC2)c1Cl. The lowest BCUT2D eigenvalue weighted by molar-refractivity contribution is -0.120. The molecule has 8 heteroatoms. The molecule has 2 aromatic rings. The van der Waals surface area contributed by atoms with Crippen LogP contribution >= 0.6 is 11.6 Å². The van der Waals surface area contributed by atoms with Crippen LogP contribution in [0.15, 0.2) is 30.5 Å². The third kappa shape index (κ3) is 4.35. The van der Waals surface area contributed by atoms with Crippen LogP contribution in [-0.2, 0) is 4.79 Å². The number of hydrazine groups is 1. The smallest absolute Gasteiger partial charge is 0.238 e. The lowest BCUT2D eigenvalue weighted by Crippen LogP contribution is -2.34. The quantitative estimate of drug-likeness (QED) is 0.716. The second-order valence-electron chi connectivity index (χ2n) is 7.50. The fraction of sp³-hybridized carbons (Fsp3) is 0.450. The van der Waals surface area contributed by atoms with Crippen molar-refractivity contribution in [3.63, 3.8) is 0 Å². The standard InChI is InChI=1S/C20H23ClFN5O/c21-19-17(12-23-25-20(19)26-24-18(28)11-13-5-6-13)27-9-7-14(8-10-27)15-3-1-2-4-16(15)22/h1-4,12-14H,5-11H2,(H,24,28)(H,25,26). The zero-order valence-corrected chi connectivity index (χ0v) is 16.3. The van der Waals surface area contributed by atoms with Gasteiger partial charge in [0, 0.05) is 19.5 Å². The number of hydrogen-bond acceptors (Lipinski definition) is 5. The van der Waals surface area contributed by atoms with Crippen molar-refractivity contribution in [2.75, 3.05) is 23.4 Å². The summed E-state index contributed by atoms with van der Waals surface area (Å²) in [6.07, 6.45) is 6.05. The Morgan fingerprint density at radius 1 is 1.21 bits per heavy atom. The highest BCUT2D eigenvalue weighted by atomic mass is 35.5. The van der Waals surface area contributed by atoms with E-state index in [1.54, 1.807) is 12.3 Å². The molecule has 0 bridgehead atoms. The predicted molar refractivity (Wildman–Crippen MR) is 107 cm³/mol. The van der Waals surface area contributed by atoms with Crippen molar-refractivity contribution in [3.8, 4) is 0 Å². The van der Waals surface area contributed by atoms with E-state index in [0.717, 1.165) is 50.0 Å². The molecule has 2 fully saturated rings. The molecule has 2 N–H and O–H groups in total. The molecule has 6 nitrogen and oxygen atoms in total. The highest BCUT2D eigenvalue weighted by Gasteiger charge is 2.26. The second kappa shape index (κ2) is 8.31. The van der Waals surface area contributed by atoms with Crippen LogP contribution in [0.3, 0.4) is 0 Å². The van der Waals surface area contributed by atoms with E-state index in [2.05, 4.69) is 25.9 Å². The number of hydrogen-bond donors (Lipinski definition) is 2. The lowest BCUT2D eigenvalue weighted by atomic mass is 9.89. The Labute approximate surface area is 168 Å². The van der Waals surface area contributed by atoms with E-state index in [1.165, 1.54) is 6.07 Å². The third-order valence-electron chi connectivity index (χ3n) is 5.44. The molecule has 0 unspecified atom stereocenters. The highest BCUT2D eigenvalue weighted by Crippen LogP contribution is 2.36. The number of nitrogens with one attached hydrogen (secondary N) is 2. The summed E-state index contributed by atoms with van der Waals surface area (Å²) in [6.45, 7) is 1.50. The molecular formula is C20H23ClFN5O. The van der Waals surface area contributed by atoms with Crippen molar-refractivity contribution < 1.29 is 9.18 Å². The van der Waals surface area contributed by atoms with Crippen LogP contribution in [0, 0.1) is 11.7 Å². The number of anilines is 2. The van der Waals surface area contributed by atoms with E-state index in [1.807, 2.05) is 12.1 Å². The maximum absolute atomic E-state index is 14.0. The van der Waals surface area contributed by atoms with Gasteiger partial charge in [0.1, 0.15) is 10.8 Å². The summed E-state index contributed by atoms with van der Waals surface area (Å²) >= 11 is 6.50. The molecule has 2 heterocycles. The molecule has 4 rings (SSSR count). The van der Waals surface area contributed by atoms with Crippen molar-refractivity contribution in [2.24, 2.45) is 5.92 Å². The minimum Gasteiger partial charge on any atom is -0.369 e. The molecule has 0 spiro atoms. The molecule has 1 aromatic carbocycles. The monoisotopic (exact) mass is 403 g/mol. The number of benzene rings is 1. The topological polar surface area (TPSA) is 70.1 Å². The molecule has 1 saturated carbocycles. The number of nitrogens with zero attached hydrogens (tertiary/aromatic N) is 3. The van der Waals surface area contributed by atoms with E-state index in [4.69, 9.17) is 11.6 Å². The van der Waals surface area contributed by atoms with Crippen molar-refractivity contribution in [1.82, 2.24) is 15.6 Å². The molecule has 28 heavy (non-hydrogen) atoms. The minimum absolute atomic E-state index is 0.0727. The third-order valence-corrected chi connectivity index (χ3v) is 5.82. The first-order chi connectivity index (χ1) is 13.6. The van der Waals surface area contributed by atoms with Crippen LogP contribution in [0.25, 0.3) is 0 Å². The first-order valence-corrected chi connectivity index (χ1v) is 10.0. The van der Waals surface area contributed by atoms with Gasteiger partial charge in [-0.1, -0.05) is 29.8 Å². The molecule has 1 aromatic heterocycles. The van der Waals surface area contributed by atoms with E-state index in [9.17, 15) is 9.18 Å². The summed E-state index contributed by atoms with van der Waals surface area (Å²) in [5, 5.41) is 8.43. The van der Waals surface area contributed by atoms with Gasteiger partial charge in [0.25, 0.3) is 0 Å². The Hall–Kier alpha value is -2.41. The van der Waals surface area contributed by atoms with Gasteiger partial charge in [-0.3, -0.25) is 15.6 Å². The summed E-state index contributed by atoms with van der Waals surface area (Å²) in [6, 6.07) is 6.97. The average molecular weight is 404 g/mol. The zero-order valence-electron chi connectivity index (χ0n) is 15.5. The summed E-state index contributed by atoms with van der Waals surface area (Å²) in [5.41, 5.74) is 6.97. The lowest BCUT2D eigenvalue weighted by Gasteiger charge is -2.34. The van der Waals surface area contributed by atoms with E-state index in [-0.39, 0.29) is 17.6 Å². The van der Waals surface area contributed by atoms with Crippen molar-refractivity contribution in [2.45, 2.75) is 38.0 Å². The first kappa shape index (κ1) is 18.9. The Balaban J connectivity index is 1.38. The highest BCUT2D eigenvalue weighted by molar-refractivity contribution is 6.35. The van der Waals surface area contributed by atoms with Crippen LogP contribution < -0.4 is 15.8 Å². The Bertz CT molecular complexity index is 852. The van der Waals surface area contributed by atoms with E-state index in [0.29, 0.717) is 23.2 Å². The summed E-state index contributed by atoms with van der Waals surface area (Å²) in [7, 11) is 0. The molecule has 1 aliphatic carbocycles. The maximum atomic E-state index is 14.0. The summed E-state index contributed by atoms with van der Waals surface area (Å²) in [5.74, 6) is 0.824. The Morgan fingerprint density at radius 3 is 2.68 bits per heavy atom. The van der Waals surface area contributed by atoms with Crippen LogP contribution in [0.2, 0.25) is 5.02 Å². The van der Waals surface area contributed by atoms with E-state index < -0.39 is 0 Å². The van der Waals surface area contributed by atoms with Gasteiger partial charge < -0.3 is 4.90 Å². The van der Waals surface area contributed by atoms with Gasteiger partial charge in [-0.25, -0.2) is 4.39 Å². The molecule has 148 valence electrons. The fourth-order valence-electron chi connectivity index (χ4n) is 3.67. The number of aromatic nitrogens is 2. The molecule has 1 saturated heterocycles. The number of carbonyl (C=O) groups is 1. The molecule has 1 amide bonds. The van der Waals surface area contributed by atoms with Crippen LogP contribution in [0.4, 0.5) is 15.9 Å². The number of amides is 1. The predicted octanol–water partition coefficient (Wildman–Crippen LogP) is 3.90. The zero-order chi connectivity index (χ0) is 19.5. The first-order valence-electron chi connectivity index (χ1n) is 9.67. The van der Waals surface area contributed by atoms with Gasteiger partial charge in [-0.15, -0.1) is 5.10 Å². The summed E-state index contributed by atoms with van der Waals surface area (Å²) < 4.78 is 14.0. The molecular weight excluding hydrogens is 381 g/mol. The number of piperidine rings is 1. The molecule has 2 aliphatic rings. The largest absolute Gasteiger partial charge is 0.369 e. The van der Waals surface area contributed by atoms with Gasteiger partial charge in [0.2, 0.25) is 5.91 Å². The second-order valence-corrected chi connectivity index (χ2v) is 7.87. The normalized spacial score (nSPS) is 17.4. The van der Waals surface area contributed by atoms with Gasteiger partial charge >= 0.3 is 0 Å². The summed E-state index contributed by atoms with van der Waals surface area (Å²) in [4.78, 5) is 14.0. The van der Waals surface area contributed by atoms with Crippen LogP contribution in [0.1, 0.15) is 43.6 Å². The van der Waals surface area contributed by atoms with Gasteiger partial charge in [0.05, 0.1) is 11.9 Å². The number of halogens is 2. The van der Waals surface area contributed by atoms with Crippen molar-refractivity contribution in [3.05, 3.63) is 46.9 Å². The van der Waals surface area contributed by atoms with Gasteiger partial charge in [-0.2, -0.15) is 5.10 Å². The Kier molecular flexibility index (Phi) is 5.62. The molecule has 0 radical (unpaired) electrons. The van der Waals surface area contributed by atoms with Gasteiger partial charge in [-0.05, 0) is 49.1 Å². The van der Waals surface area contributed by atoms with Gasteiger partial charge in [0.15, 0.2) is 5.82 Å². The van der Waals surface area contributed by atoms with Crippen LogP contribution in [-0.4, -0.2) is 29.2 Å². The molecule has 0 atom stereocenters.